The van der Waals surface area contributed by atoms with Crippen molar-refractivity contribution in [3.05, 3.63) is 50.7 Å². The molecular weight excluding hydrogens is 314 g/mol. The van der Waals surface area contributed by atoms with Gasteiger partial charge in [0.1, 0.15) is 10.5 Å². The number of H-pyrrole nitrogens is 1. The zero-order chi connectivity index (χ0) is 13.0. The van der Waals surface area contributed by atoms with E-state index in [9.17, 15) is 0 Å². The smallest absolute Gasteiger partial charge is 0.144 e. The van der Waals surface area contributed by atoms with Crippen LogP contribution >= 0.6 is 28.1 Å². The molecule has 2 rings (SSSR count). The summed E-state index contributed by atoms with van der Waals surface area (Å²) in [5, 5.41) is 0. The molecule has 0 aliphatic heterocycles. The van der Waals surface area contributed by atoms with Crippen LogP contribution in [-0.4, -0.2) is 22.1 Å². The van der Waals surface area contributed by atoms with Gasteiger partial charge in [0.05, 0.1) is 16.8 Å². The predicted molar refractivity (Wildman–Crippen MR) is 74.9 cm³/mol. The Balaban J connectivity index is 2.32. The van der Waals surface area contributed by atoms with Crippen molar-refractivity contribution in [3.8, 4) is 0 Å². The Morgan fingerprint density at radius 3 is 3.00 bits per heavy atom. The number of hydrogen-bond acceptors (Lipinski definition) is 4. The van der Waals surface area contributed by atoms with Gasteiger partial charge in [-0.2, -0.15) is 0 Å². The molecule has 0 atom stereocenters. The molecule has 1 N–H and O–H groups in total. The van der Waals surface area contributed by atoms with Crippen LogP contribution in [0.1, 0.15) is 17.1 Å². The van der Waals surface area contributed by atoms with Crippen LogP contribution in [0.25, 0.3) is 0 Å². The van der Waals surface area contributed by atoms with Crippen LogP contribution < -0.4 is 0 Å². The van der Waals surface area contributed by atoms with Crippen LogP contribution in [0, 0.1) is 4.64 Å². The predicted octanol–water partition coefficient (Wildman–Crippen LogP) is 3.03. The number of methoxy groups -OCH3 is 1. The Hall–Kier alpha value is -1.11. The summed E-state index contributed by atoms with van der Waals surface area (Å²) in [5.74, 6) is 0.809. The third kappa shape index (κ3) is 3.22. The van der Waals surface area contributed by atoms with Crippen LogP contribution in [-0.2, 0) is 17.8 Å². The molecule has 0 amide bonds. The van der Waals surface area contributed by atoms with Crippen molar-refractivity contribution < 1.29 is 4.74 Å². The first-order valence-electron chi connectivity index (χ1n) is 5.36. The maximum absolute atomic E-state index is 5.21. The number of halogens is 1. The molecule has 0 saturated carbocycles. The average Bonchev–Trinajstić information content (AvgIpc) is 2.37. The molecule has 94 valence electrons. The largest absolute Gasteiger partial charge is 0.378 e. The lowest BCUT2D eigenvalue weighted by atomic mass is 10.2. The van der Waals surface area contributed by atoms with E-state index in [0.29, 0.717) is 17.7 Å². The highest BCUT2D eigenvalue weighted by molar-refractivity contribution is 9.10. The third-order valence-corrected chi connectivity index (χ3v) is 3.78. The first-order chi connectivity index (χ1) is 8.70. The van der Waals surface area contributed by atoms with Crippen molar-refractivity contribution >= 4 is 28.1 Å². The number of nitrogens with one attached hydrogen (secondary N) is 1. The van der Waals surface area contributed by atoms with Crippen molar-refractivity contribution in [2.75, 3.05) is 7.11 Å². The van der Waals surface area contributed by atoms with E-state index >= 15 is 0 Å². The SMILES string of the molecule is COCc1[nH]c(Cc2cccnc2)nc(=S)c1Br. The highest BCUT2D eigenvalue weighted by Crippen LogP contribution is 2.17. The van der Waals surface area contributed by atoms with Crippen LogP contribution in [0.3, 0.4) is 0 Å². The molecule has 2 heterocycles. The molecule has 0 aliphatic carbocycles. The van der Waals surface area contributed by atoms with Gasteiger partial charge < -0.3 is 9.72 Å². The fourth-order valence-electron chi connectivity index (χ4n) is 1.58. The molecule has 0 spiro atoms. The highest BCUT2D eigenvalue weighted by Gasteiger charge is 2.06. The number of aromatic amines is 1. The van der Waals surface area contributed by atoms with Gasteiger partial charge in [0.15, 0.2) is 0 Å². The van der Waals surface area contributed by atoms with E-state index in [4.69, 9.17) is 17.0 Å². The molecule has 0 radical (unpaired) electrons. The number of rotatable bonds is 4. The molecule has 0 aromatic carbocycles. The van der Waals surface area contributed by atoms with E-state index in [-0.39, 0.29) is 0 Å². The Labute approximate surface area is 119 Å². The zero-order valence-corrected chi connectivity index (χ0v) is 12.2. The minimum atomic E-state index is 0.465. The lowest BCUT2D eigenvalue weighted by molar-refractivity contribution is 0.180. The zero-order valence-electron chi connectivity index (χ0n) is 9.81. The molecule has 0 unspecified atom stereocenters. The maximum atomic E-state index is 5.21. The average molecular weight is 326 g/mol. The second kappa shape index (κ2) is 6.17. The van der Waals surface area contributed by atoms with Crippen molar-refractivity contribution in [2.24, 2.45) is 0 Å². The summed E-state index contributed by atoms with van der Waals surface area (Å²) < 4.78 is 6.45. The molecule has 18 heavy (non-hydrogen) atoms. The second-order valence-electron chi connectivity index (χ2n) is 3.75. The van der Waals surface area contributed by atoms with Gasteiger partial charge in [-0.05, 0) is 27.6 Å². The van der Waals surface area contributed by atoms with E-state index in [2.05, 4.69) is 30.9 Å². The fraction of sp³-hybridized carbons (Fsp3) is 0.250. The van der Waals surface area contributed by atoms with E-state index in [0.717, 1.165) is 21.6 Å². The monoisotopic (exact) mass is 325 g/mol. The summed E-state index contributed by atoms with van der Waals surface area (Å²) >= 11 is 8.62. The number of pyridine rings is 1. The topological polar surface area (TPSA) is 50.8 Å². The van der Waals surface area contributed by atoms with Gasteiger partial charge >= 0.3 is 0 Å². The highest BCUT2D eigenvalue weighted by atomic mass is 79.9. The van der Waals surface area contributed by atoms with Crippen LogP contribution in [0.15, 0.2) is 29.0 Å². The van der Waals surface area contributed by atoms with Gasteiger partial charge in [0.2, 0.25) is 0 Å². The molecule has 4 nitrogen and oxygen atoms in total. The van der Waals surface area contributed by atoms with Crippen LogP contribution in [0.4, 0.5) is 0 Å². The van der Waals surface area contributed by atoms with Crippen molar-refractivity contribution in [1.82, 2.24) is 15.0 Å². The Kier molecular flexibility index (Phi) is 4.57. The minimum Gasteiger partial charge on any atom is -0.378 e. The fourth-order valence-corrected chi connectivity index (χ4v) is 2.12. The molecular formula is C12H12BrN3OS. The Morgan fingerprint density at radius 1 is 1.50 bits per heavy atom. The van der Waals surface area contributed by atoms with Gasteiger partial charge in [0, 0.05) is 25.9 Å². The molecule has 2 aromatic heterocycles. The normalized spacial score (nSPS) is 10.6. The van der Waals surface area contributed by atoms with Crippen molar-refractivity contribution in [1.29, 1.82) is 0 Å². The van der Waals surface area contributed by atoms with Gasteiger partial charge in [-0.15, -0.1) is 0 Å². The number of ether oxygens (including phenoxy) is 1. The third-order valence-electron chi connectivity index (χ3n) is 2.37. The van der Waals surface area contributed by atoms with E-state index in [1.165, 1.54) is 0 Å². The first kappa shape index (κ1) is 13.3. The Bertz CT molecular complexity index is 586. The van der Waals surface area contributed by atoms with Crippen molar-refractivity contribution in [2.45, 2.75) is 13.0 Å². The summed E-state index contributed by atoms with van der Waals surface area (Å²) in [6.45, 7) is 0.465. The van der Waals surface area contributed by atoms with Gasteiger partial charge in [0.25, 0.3) is 0 Å². The molecule has 0 aliphatic rings. The summed E-state index contributed by atoms with van der Waals surface area (Å²) in [6, 6.07) is 3.91. The maximum Gasteiger partial charge on any atom is 0.144 e. The van der Waals surface area contributed by atoms with Crippen LogP contribution in [0.5, 0.6) is 0 Å². The molecule has 6 heteroatoms. The van der Waals surface area contributed by atoms with Gasteiger partial charge in [-0.1, -0.05) is 18.3 Å². The van der Waals surface area contributed by atoms with Gasteiger partial charge in [-0.25, -0.2) is 4.98 Å². The number of hydrogen-bond donors (Lipinski definition) is 1. The summed E-state index contributed by atoms with van der Waals surface area (Å²) in [5.41, 5.74) is 1.98. The standard InChI is InChI=1S/C12H12BrN3OS/c1-17-7-9-11(13)12(18)16-10(15-9)5-8-3-2-4-14-6-8/h2-4,6H,5,7H2,1H3,(H,15,16,18). The molecule has 0 fully saturated rings. The van der Waals surface area contributed by atoms with E-state index < -0.39 is 0 Å². The van der Waals surface area contributed by atoms with Crippen molar-refractivity contribution in [3.63, 3.8) is 0 Å². The molecule has 0 bridgehead atoms. The second-order valence-corrected chi connectivity index (χ2v) is 4.93. The van der Waals surface area contributed by atoms with E-state index in [1.54, 1.807) is 13.3 Å². The number of aromatic nitrogens is 3. The van der Waals surface area contributed by atoms with E-state index in [1.807, 2.05) is 18.3 Å². The lowest BCUT2D eigenvalue weighted by Gasteiger charge is -2.07. The first-order valence-corrected chi connectivity index (χ1v) is 6.56. The summed E-state index contributed by atoms with van der Waals surface area (Å²) in [7, 11) is 1.64. The van der Waals surface area contributed by atoms with Gasteiger partial charge in [-0.3, -0.25) is 4.98 Å². The summed E-state index contributed by atoms with van der Waals surface area (Å²) in [6.07, 6.45) is 4.23. The quantitative estimate of drug-likeness (QED) is 0.878. The summed E-state index contributed by atoms with van der Waals surface area (Å²) in [4.78, 5) is 11.6. The number of nitrogens with zero attached hydrogens (tertiary/aromatic N) is 2. The minimum absolute atomic E-state index is 0.465. The Morgan fingerprint density at radius 2 is 2.33 bits per heavy atom. The lowest BCUT2D eigenvalue weighted by Crippen LogP contribution is -2.03. The molecule has 2 aromatic rings. The molecule has 0 saturated heterocycles. The van der Waals surface area contributed by atoms with Crippen LogP contribution in [0.2, 0.25) is 0 Å².